The first kappa shape index (κ1) is 27.0. The minimum atomic E-state index is -3.80. The fraction of sp³-hybridized carbons (Fsp3) is 0.321. The number of piperazine rings is 1. The van der Waals surface area contributed by atoms with Gasteiger partial charge in [0.1, 0.15) is 5.75 Å². The van der Waals surface area contributed by atoms with Crippen molar-refractivity contribution < 1.29 is 17.9 Å². The van der Waals surface area contributed by atoms with Gasteiger partial charge in [0.25, 0.3) is 5.91 Å². The topological polar surface area (TPSA) is 79.0 Å². The average molecular weight is 542 g/mol. The molecule has 4 rings (SSSR count). The highest BCUT2D eigenvalue weighted by molar-refractivity contribution is 7.89. The highest BCUT2D eigenvalue weighted by Gasteiger charge is 2.24. The Bertz CT molecular complexity index is 1360. The predicted molar refractivity (Wildman–Crippen MR) is 147 cm³/mol. The van der Waals surface area contributed by atoms with Gasteiger partial charge in [0, 0.05) is 37.9 Å². The zero-order valence-electron chi connectivity index (χ0n) is 21.3. The molecule has 1 amide bonds. The summed E-state index contributed by atoms with van der Waals surface area (Å²) in [5.41, 5.74) is 4.57. The number of aryl methyl sites for hydroxylation is 1. The van der Waals surface area contributed by atoms with Crippen LogP contribution in [0.3, 0.4) is 0 Å². The number of carbonyl (C=O) groups excluding carboxylic acids is 1. The predicted octanol–water partition coefficient (Wildman–Crippen LogP) is 4.72. The third-order valence-electron chi connectivity index (χ3n) is 6.75. The van der Waals surface area contributed by atoms with E-state index in [9.17, 15) is 13.2 Å². The van der Waals surface area contributed by atoms with E-state index < -0.39 is 16.1 Å². The maximum atomic E-state index is 12.8. The summed E-state index contributed by atoms with van der Waals surface area (Å²) in [5, 5.41) is 0.128. The first-order valence-corrected chi connectivity index (χ1v) is 14.1. The SMILES string of the molecule is Cc1cccc(N2CCN(C(=O)COc3ccc(S(=O)(=O)N[C@H](C)c4ccccc4)cc3Cl)CC2)c1C. The number of rotatable bonds is 8. The normalized spacial score (nSPS) is 14.9. The van der Waals surface area contributed by atoms with Gasteiger partial charge in [-0.25, -0.2) is 13.1 Å². The third-order valence-corrected chi connectivity index (χ3v) is 8.58. The fourth-order valence-corrected chi connectivity index (χ4v) is 5.94. The van der Waals surface area contributed by atoms with Crippen molar-refractivity contribution in [3.8, 4) is 5.75 Å². The highest BCUT2D eigenvalue weighted by Crippen LogP contribution is 2.28. The summed E-state index contributed by atoms with van der Waals surface area (Å²) in [6, 6.07) is 19.4. The number of halogens is 1. The zero-order chi connectivity index (χ0) is 26.6. The average Bonchev–Trinajstić information content (AvgIpc) is 2.89. The molecule has 3 aromatic carbocycles. The van der Waals surface area contributed by atoms with Gasteiger partial charge in [-0.3, -0.25) is 4.79 Å². The number of amides is 1. The summed E-state index contributed by atoms with van der Waals surface area (Å²) in [6.45, 7) is 8.53. The molecule has 1 aliphatic rings. The van der Waals surface area contributed by atoms with Gasteiger partial charge in [0.2, 0.25) is 10.0 Å². The van der Waals surface area contributed by atoms with E-state index in [1.165, 1.54) is 35.0 Å². The molecule has 196 valence electrons. The number of sulfonamides is 1. The van der Waals surface area contributed by atoms with E-state index in [-0.39, 0.29) is 28.2 Å². The Kier molecular flexibility index (Phi) is 8.42. The lowest BCUT2D eigenvalue weighted by atomic mass is 10.1. The summed E-state index contributed by atoms with van der Waals surface area (Å²) in [6.07, 6.45) is 0. The number of benzene rings is 3. The van der Waals surface area contributed by atoms with Crippen LogP contribution in [-0.4, -0.2) is 52.0 Å². The Hall–Kier alpha value is -3.07. The molecular formula is C28H32ClN3O4S. The molecule has 3 aromatic rings. The molecule has 1 N–H and O–H groups in total. The van der Waals surface area contributed by atoms with Crippen molar-refractivity contribution in [1.82, 2.24) is 9.62 Å². The van der Waals surface area contributed by atoms with Gasteiger partial charge >= 0.3 is 0 Å². The van der Waals surface area contributed by atoms with E-state index in [1.807, 2.05) is 30.3 Å². The Labute approximate surface area is 224 Å². The smallest absolute Gasteiger partial charge is 0.260 e. The van der Waals surface area contributed by atoms with Crippen LogP contribution in [0.2, 0.25) is 5.02 Å². The molecule has 7 nitrogen and oxygen atoms in total. The van der Waals surface area contributed by atoms with Crippen LogP contribution in [0.25, 0.3) is 0 Å². The summed E-state index contributed by atoms with van der Waals surface area (Å²) in [5.74, 6) is 0.130. The maximum absolute atomic E-state index is 12.8. The van der Waals surface area contributed by atoms with Crippen molar-refractivity contribution in [3.05, 3.63) is 88.4 Å². The van der Waals surface area contributed by atoms with Gasteiger partial charge in [-0.15, -0.1) is 0 Å². The second-order valence-corrected chi connectivity index (χ2v) is 11.3. The molecule has 0 bridgehead atoms. The lowest BCUT2D eigenvalue weighted by Gasteiger charge is -2.37. The molecule has 0 radical (unpaired) electrons. The van der Waals surface area contributed by atoms with Gasteiger partial charge in [-0.05, 0) is 61.7 Å². The van der Waals surface area contributed by atoms with Crippen LogP contribution in [0.15, 0.2) is 71.6 Å². The van der Waals surface area contributed by atoms with Crippen molar-refractivity contribution in [2.24, 2.45) is 0 Å². The van der Waals surface area contributed by atoms with E-state index in [2.05, 4.69) is 41.7 Å². The second-order valence-electron chi connectivity index (χ2n) is 9.22. The molecule has 0 saturated carbocycles. The van der Waals surface area contributed by atoms with Crippen LogP contribution in [0.4, 0.5) is 5.69 Å². The zero-order valence-corrected chi connectivity index (χ0v) is 22.8. The van der Waals surface area contributed by atoms with Crippen molar-refractivity contribution >= 4 is 33.2 Å². The number of hydrogen-bond donors (Lipinski definition) is 1. The molecule has 1 saturated heterocycles. The maximum Gasteiger partial charge on any atom is 0.260 e. The lowest BCUT2D eigenvalue weighted by molar-refractivity contribution is -0.133. The molecule has 9 heteroatoms. The van der Waals surface area contributed by atoms with Gasteiger partial charge in [0.05, 0.1) is 9.92 Å². The summed E-state index contributed by atoms with van der Waals surface area (Å²) < 4.78 is 34.0. The summed E-state index contributed by atoms with van der Waals surface area (Å²) in [4.78, 5) is 16.9. The number of carbonyl (C=O) groups is 1. The first-order valence-electron chi connectivity index (χ1n) is 12.2. The third kappa shape index (κ3) is 6.44. The molecule has 0 spiro atoms. The largest absolute Gasteiger partial charge is 0.482 e. The molecule has 37 heavy (non-hydrogen) atoms. The van der Waals surface area contributed by atoms with Crippen LogP contribution >= 0.6 is 11.6 Å². The number of hydrogen-bond acceptors (Lipinski definition) is 5. The number of nitrogens with one attached hydrogen (secondary N) is 1. The molecule has 0 aromatic heterocycles. The van der Waals surface area contributed by atoms with Crippen molar-refractivity contribution in [2.45, 2.75) is 31.7 Å². The molecular weight excluding hydrogens is 510 g/mol. The Balaban J connectivity index is 1.32. The van der Waals surface area contributed by atoms with E-state index in [0.717, 1.165) is 18.7 Å². The van der Waals surface area contributed by atoms with Crippen LogP contribution in [-0.2, 0) is 14.8 Å². The molecule has 0 aliphatic carbocycles. The quantitative estimate of drug-likeness (QED) is 0.446. The molecule has 1 heterocycles. The van der Waals surface area contributed by atoms with Crippen LogP contribution < -0.4 is 14.4 Å². The number of nitrogens with zero attached hydrogens (tertiary/aromatic N) is 2. The number of anilines is 1. The summed E-state index contributed by atoms with van der Waals surface area (Å²) >= 11 is 6.32. The molecule has 0 unspecified atom stereocenters. The van der Waals surface area contributed by atoms with Gasteiger partial charge in [-0.2, -0.15) is 0 Å². The van der Waals surface area contributed by atoms with Crippen molar-refractivity contribution in [3.63, 3.8) is 0 Å². The van der Waals surface area contributed by atoms with E-state index in [0.29, 0.717) is 13.1 Å². The number of ether oxygens (including phenoxy) is 1. The Morgan fingerprint density at radius 2 is 1.70 bits per heavy atom. The van der Waals surface area contributed by atoms with Crippen molar-refractivity contribution in [2.75, 3.05) is 37.7 Å². The summed E-state index contributed by atoms with van der Waals surface area (Å²) in [7, 11) is -3.80. The van der Waals surface area contributed by atoms with E-state index >= 15 is 0 Å². The van der Waals surface area contributed by atoms with Gasteiger partial charge in [-0.1, -0.05) is 54.1 Å². The fourth-order valence-electron chi connectivity index (χ4n) is 4.38. The van der Waals surface area contributed by atoms with E-state index in [1.54, 1.807) is 11.8 Å². The van der Waals surface area contributed by atoms with Gasteiger partial charge in [0.15, 0.2) is 6.61 Å². The van der Waals surface area contributed by atoms with Crippen LogP contribution in [0.5, 0.6) is 5.75 Å². The van der Waals surface area contributed by atoms with Crippen molar-refractivity contribution in [1.29, 1.82) is 0 Å². The van der Waals surface area contributed by atoms with E-state index in [4.69, 9.17) is 16.3 Å². The standard InChI is InChI=1S/C28H32ClN3O4S/c1-20-8-7-11-26(21(20)2)31-14-16-32(17-15-31)28(33)19-36-27-13-12-24(18-25(27)29)37(34,35)30-22(3)23-9-5-4-6-10-23/h4-13,18,22,30H,14-17,19H2,1-3H3/t22-/m1/s1. The molecule has 1 aliphatic heterocycles. The minimum absolute atomic E-state index is 0.0292. The van der Waals surface area contributed by atoms with Crippen LogP contribution in [0, 0.1) is 13.8 Å². The van der Waals surface area contributed by atoms with Crippen LogP contribution in [0.1, 0.15) is 29.7 Å². The first-order chi connectivity index (χ1) is 17.7. The monoisotopic (exact) mass is 541 g/mol. The highest BCUT2D eigenvalue weighted by atomic mass is 35.5. The Morgan fingerprint density at radius 1 is 1.00 bits per heavy atom. The van der Waals surface area contributed by atoms with Gasteiger partial charge < -0.3 is 14.5 Å². The molecule has 1 atom stereocenters. The lowest BCUT2D eigenvalue weighted by Crippen LogP contribution is -2.50. The second kappa shape index (κ2) is 11.5. The minimum Gasteiger partial charge on any atom is -0.482 e. The molecule has 1 fully saturated rings. The Morgan fingerprint density at radius 3 is 2.38 bits per heavy atom.